The maximum atomic E-state index is 14.0. The molecule has 0 aliphatic heterocycles. The lowest BCUT2D eigenvalue weighted by Crippen LogP contribution is -2.45. The van der Waals surface area contributed by atoms with Crippen LogP contribution in [-0.2, 0) is 0 Å². The molecule has 0 saturated heterocycles. The van der Waals surface area contributed by atoms with Crippen LogP contribution in [-0.4, -0.2) is 32.7 Å². The summed E-state index contributed by atoms with van der Waals surface area (Å²) in [6.07, 6.45) is 0. The number of carbonyl (C=O) groups excluding carboxylic acids is 1. The molecule has 0 N–H and O–H groups in total. The van der Waals surface area contributed by atoms with Gasteiger partial charge in [0.2, 0.25) is 0 Å². The van der Waals surface area contributed by atoms with Gasteiger partial charge in [-0.25, -0.2) is 0 Å². The van der Waals surface area contributed by atoms with Crippen molar-refractivity contribution in [1.29, 1.82) is 0 Å². The van der Waals surface area contributed by atoms with Gasteiger partial charge in [-0.15, -0.1) is 0 Å². The molecule has 8 heteroatoms. The summed E-state index contributed by atoms with van der Waals surface area (Å²) in [4.78, 5) is 11.0. The molecule has 0 heterocycles. The first-order valence-electron chi connectivity index (χ1n) is 9.56. The van der Waals surface area contributed by atoms with Crippen LogP contribution in [0.5, 0.6) is 11.5 Å². The zero-order valence-electron chi connectivity index (χ0n) is 18.1. The minimum atomic E-state index is -3.27. The number of nitrogens with zero attached hydrogens (tertiary/aromatic N) is 1. The van der Waals surface area contributed by atoms with Crippen LogP contribution in [0.1, 0.15) is 31.1 Å². The molecule has 0 atom stereocenters. The number of hydrogen-bond donors (Lipinski definition) is 0. The molecular weight excluding hydrogens is 472 g/mol. The highest BCUT2D eigenvalue weighted by molar-refractivity contribution is 9.10. The molecule has 0 unspecified atom stereocenters. The quantitative estimate of drug-likeness (QED) is 0.313. The predicted molar refractivity (Wildman–Crippen MR) is 123 cm³/mol. The topological polar surface area (TPSA) is 38.8 Å². The Hall–Kier alpha value is -1.93. The first kappa shape index (κ1) is 24.3. The maximum Gasteiger partial charge on any atom is 0.319 e. The average Bonchev–Trinajstić information content (AvgIpc) is 2.64. The van der Waals surface area contributed by atoms with Crippen molar-refractivity contribution < 1.29 is 22.7 Å². The number of halogens is 3. The Labute approximate surface area is 186 Å². The van der Waals surface area contributed by atoms with Gasteiger partial charge in [0.15, 0.2) is 0 Å². The van der Waals surface area contributed by atoms with Gasteiger partial charge in [-0.05, 0) is 58.3 Å². The number of ether oxygens (including phenoxy) is 1. The van der Waals surface area contributed by atoms with Gasteiger partial charge in [-0.3, -0.25) is 9.69 Å². The number of hydrogen-bond acceptors (Lipinski definition) is 3. The third-order valence-electron chi connectivity index (χ3n) is 5.23. The van der Waals surface area contributed by atoms with Crippen molar-refractivity contribution in [3.63, 3.8) is 0 Å². The van der Waals surface area contributed by atoms with Crippen LogP contribution >= 0.6 is 15.9 Å². The Morgan fingerprint density at radius 3 is 2.20 bits per heavy atom. The molecule has 0 aromatic heterocycles. The molecule has 1 amide bonds. The summed E-state index contributed by atoms with van der Waals surface area (Å²) in [7, 11) is -0.806. The van der Waals surface area contributed by atoms with Crippen LogP contribution in [0, 0.1) is 0 Å². The molecule has 30 heavy (non-hydrogen) atoms. The van der Waals surface area contributed by atoms with Gasteiger partial charge in [0.1, 0.15) is 18.0 Å². The van der Waals surface area contributed by atoms with Gasteiger partial charge in [0.05, 0.1) is 12.8 Å². The first-order chi connectivity index (χ1) is 13.7. The van der Waals surface area contributed by atoms with E-state index in [1.807, 2.05) is 0 Å². The van der Waals surface area contributed by atoms with Crippen molar-refractivity contribution in [3.05, 3.63) is 54.1 Å². The van der Waals surface area contributed by atoms with Crippen molar-refractivity contribution in [2.24, 2.45) is 0 Å². The number of anilines is 1. The van der Waals surface area contributed by atoms with E-state index in [0.717, 1.165) is 4.90 Å². The molecular formula is C22H28BrF2NO3Si. The van der Waals surface area contributed by atoms with Gasteiger partial charge in [0, 0.05) is 11.6 Å². The average molecular weight is 500 g/mol. The van der Waals surface area contributed by atoms with E-state index in [9.17, 15) is 13.6 Å². The monoisotopic (exact) mass is 499 g/mol. The first-order valence-corrected chi connectivity index (χ1v) is 13.3. The summed E-state index contributed by atoms with van der Waals surface area (Å²) < 4.78 is 39.7. The van der Waals surface area contributed by atoms with Gasteiger partial charge in [0.25, 0.3) is 14.2 Å². The van der Waals surface area contributed by atoms with Crippen molar-refractivity contribution >= 4 is 35.8 Å². The number of amides is 1. The molecule has 0 saturated carbocycles. The van der Waals surface area contributed by atoms with Crippen LogP contribution in [0.3, 0.4) is 0 Å². The molecule has 0 aliphatic rings. The Kier molecular flexibility index (Phi) is 7.35. The fraction of sp³-hybridized carbons (Fsp3) is 0.409. The zero-order chi connectivity index (χ0) is 22.7. The molecule has 0 fully saturated rings. The summed E-state index contributed by atoms with van der Waals surface area (Å²) in [5.41, 5.74) is 0.581. The second kappa shape index (κ2) is 9.06. The maximum absolute atomic E-state index is 14.0. The third kappa shape index (κ3) is 6.04. The number of methoxy groups -OCH3 is 1. The minimum absolute atomic E-state index is 0.124. The fourth-order valence-corrected chi connectivity index (χ4v) is 3.81. The molecule has 2 aromatic rings. The second-order valence-corrected chi connectivity index (χ2v) is 14.5. The lowest BCUT2D eigenvalue weighted by atomic mass is 10.1. The Morgan fingerprint density at radius 2 is 1.70 bits per heavy atom. The van der Waals surface area contributed by atoms with Gasteiger partial charge >= 0.3 is 4.83 Å². The van der Waals surface area contributed by atoms with E-state index in [4.69, 9.17) is 9.16 Å². The highest BCUT2D eigenvalue weighted by Gasteiger charge is 2.40. The molecule has 164 valence electrons. The molecule has 0 spiro atoms. The zero-order valence-corrected chi connectivity index (χ0v) is 20.7. The van der Waals surface area contributed by atoms with Crippen LogP contribution in [0.4, 0.5) is 14.5 Å². The van der Waals surface area contributed by atoms with Gasteiger partial charge in [-0.1, -0.05) is 39.0 Å². The number of alkyl halides is 3. The Morgan fingerprint density at radius 1 is 1.10 bits per heavy atom. The largest absolute Gasteiger partial charge is 0.542 e. The highest BCUT2D eigenvalue weighted by Crippen LogP contribution is 2.42. The molecule has 2 rings (SSSR count). The van der Waals surface area contributed by atoms with Crippen LogP contribution in [0.2, 0.25) is 18.1 Å². The van der Waals surface area contributed by atoms with E-state index in [0.29, 0.717) is 17.1 Å². The minimum Gasteiger partial charge on any atom is -0.542 e. The normalized spacial score (nSPS) is 12.4. The highest BCUT2D eigenvalue weighted by atomic mass is 79.9. The van der Waals surface area contributed by atoms with Crippen molar-refractivity contribution in [2.45, 2.75) is 43.7 Å². The van der Waals surface area contributed by atoms with Gasteiger partial charge < -0.3 is 9.16 Å². The van der Waals surface area contributed by atoms with Gasteiger partial charge in [-0.2, -0.15) is 8.78 Å². The van der Waals surface area contributed by atoms with E-state index in [1.54, 1.807) is 48.5 Å². The molecule has 0 radical (unpaired) electrons. The van der Waals surface area contributed by atoms with E-state index in [1.165, 1.54) is 7.11 Å². The molecule has 2 aromatic carbocycles. The number of benzene rings is 2. The standard InChI is InChI=1S/C22H28BrF2NO3Si/c1-21(2,3)30(5,6)29-19-14-17(28-4)12-13-18(19)26(15-22(23,24)25)20(27)16-10-8-7-9-11-16/h7-14H,15H2,1-6H3. The lowest BCUT2D eigenvalue weighted by molar-refractivity contribution is 0.0904. The molecule has 4 nitrogen and oxygen atoms in total. The summed E-state index contributed by atoms with van der Waals surface area (Å²) in [6, 6.07) is 13.2. The summed E-state index contributed by atoms with van der Waals surface area (Å²) in [6.45, 7) is 9.51. The van der Waals surface area contributed by atoms with Crippen molar-refractivity contribution in [1.82, 2.24) is 0 Å². The Balaban J connectivity index is 2.61. The summed E-state index contributed by atoms with van der Waals surface area (Å²) in [5, 5.41) is -0.124. The summed E-state index contributed by atoms with van der Waals surface area (Å²) in [5.74, 6) is 0.326. The lowest BCUT2D eigenvalue weighted by Gasteiger charge is -2.38. The van der Waals surface area contributed by atoms with E-state index in [-0.39, 0.29) is 10.7 Å². The van der Waals surface area contributed by atoms with Crippen molar-refractivity contribution in [3.8, 4) is 11.5 Å². The number of carbonyl (C=O) groups is 1. The SMILES string of the molecule is COc1ccc(N(CC(F)(F)Br)C(=O)c2ccccc2)c(O[Si](C)(C)C(C)(C)C)c1. The van der Waals surface area contributed by atoms with E-state index < -0.39 is 25.6 Å². The van der Waals surface area contributed by atoms with Crippen LogP contribution < -0.4 is 14.1 Å². The fourth-order valence-electron chi connectivity index (χ4n) is 2.54. The van der Waals surface area contributed by atoms with Crippen molar-refractivity contribution in [2.75, 3.05) is 18.6 Å². The Bertz CT molecular complexity index is 880. The van der Waals surface area contributed by atoms with E-state index in [2.05, 4.69) is 49.8 Å². The third-order valence-corrected chi connectivity index (χ3v) is 9.83. The second-order valence-electron chi connectivity index (χ2n) is 8.57. The smallest absolute Gasteiger partial charge is 0.319 e. The van der Waals surface area contributed by atoms with Crippen LogP contribution in [0.15, 0.2) is 48.5 Å². The van der Waals surface area contributed by atoms with E-state index >= 15 is 0 Å². The van der Waals surface area contributed by atoms with Crippen LogP contribution in [0.25, 0.3) is 0 Å². The predicted octanol–water partition coefficient (Wildman–Crippen LogP) is 6.71. The molecule has 0 bridgehead atoms. The molecule has 0 aliphatic carbocycles. The number of rotatable bonds is 7. The summed E-state index contributed by atoms with van der Waals surface area (Å²) >= 11 is 2.38.